The van der Waals surface area contributed by atoms with E-state index in [0.29, 0.717) is 30.0 Å². The van der Waals surface area contributed by atoms with Gasteiger partial charge in [0.15, 0.2) is 11.5 Å². The lowest BCUT2D eigenvalue weighted by Gasteiger charge is -2.19. The van der Waals surface area contributed by atoms with Gasteiger partial charge in [-0.05, 0) is 50.3 Å². The number of rotatable bonds is 5. The molecular formula is C18H23NO5. The normalized spacial score (nSPS) is 21.0. The topological polar surface area (TPSA) is 76.1 Å². The Labute approximate surface area is 141 Å². The molecule has 2 aliphatic rings. The summed E-state index contributed by atoms with van der Waals surface area (Å²) >= 11 is 0. The van der Waals surface area contributed by atoms with Crippen molar-refractivity contribution in [2.75, 3.05) is 20.2 Å². The molecule has 0 aromatic heterocycles. The van der Waals surface area contributed by atoms with E-state index in [2.05, 4.69) is 0 Å². The van der Waals surface area contributed by atoms with Crippen LogP contribution in [0.5, 0.6) is 11.5 Å². The SMILES string of the molecule is COc1ccc(C(=O)N2CCC(C(=O)O)C2)cc1OC1CCCC1. The number of nitrogens with zero attached hydrogens (tertiary/aromatic N) is 1. The minimum atomic E-state index is -0.842. The molecule has 0 spiro atoms. The molecule has 1 unspecified atom stereocenters. The fourth-order valence-corrected chi connectivity index (χ4v) is 3.42. The number of methoxy groups -OCH3 is 1. The van der Waals surface area contributed by atoms with E-state index in [9.17, 15) is 9.59 Å². The van der Waals surface area contributed by atoms with Crippen molar-refractivity contribution in [1.29, 1.82) is 0 Å². The molecule has 6 heteroatoms. The van der Waals surface area contributed by atoms with E-state index in [1.54, 1.807) is 30.2 Å². The molecule has 1 aromatic rings. The molecule has 1 heterocycles. The van der Waals surface area contributed by atoms with Crippen LogP contribution in [-0.2, 0) is 4.79 Å². The number of carbonyl (C=O) groups is 2. The highest BCUT2D eigenvalue weighted by Crippen LogP contribution is 2.33. The van der Waals surface area contributed by atoms with Gasteiger partial charge in [-0.2, -0.15) is 0 Å². The average Bonchev–Trinajstić information content (AvgIpc) is 3.25. The van der Waals surface area contributed by atoms with Crippen molar-refractivity contribution in [3.05, 3.63) is 23.8 Å². The third-order valence-electron chi connectivity index (χ3n) is 4.83. The Morgan fingerprint density at radius 3 is 2.54 bits per heavy atom. The minimum Gasteiger partial charge on any atom is -0.493 e. The fourth-order valence-electron chi connectivity index (χ4n) is 3.42. The molecule has 1 aromatic carbocycles. The second-order valence-corrected chi connectivity index (χ2v) is 6.46. The van der Waals surface area contributed by atoms with E-state index >= 15 is 0 Å². The number of carbonyl (C=O) groups excluding carboxylic acids is 1. The Hall–Kier alpha value is -2.24. The van der Waals surface area contributed by atoms with Crippen LogP contribution < -0.4 is 9.47 Å². The first-order chi connectivity index (χ1) is 11.6. The number of amides is 1. The molecule has 0 bridgehead atoms. The minimum absolute atomic E-state index is 0.155. The van der Waals surface area contributed by atoms with Gasteiger partial charge in [0.05, 0.1) is 19.1 Å². The monoisotopic (exact) mass is 333 g/mol. The van der Waals surface area contributed by atoms with Crippen molar-refractivity contribution >= 4 is 11.9 Å². The van der Waals surface area contributed by atoms with Gasteiger partial charge in [0.1, 0.15) is 0 Å². The lowest BCUT2D eigenvalue weighted by Crippen LogP contribution is -2.30. The van der Waals surface area contributed by atoms with Gasteiger partial charge in [-0.1, -0.05) is 0 Å². The fraction of sp³-hybridized carbons (Fsp3) is 0.556. The molecule has 2 fully saturated rings. The second kappa shape index (κ2) is 7.11. The van der Waals surface area contributed by atoms with E-state index in [-0.39, 0.29) is 18.6 Å². The highest BCUT2D eigenvalue weighted by atomic mass is 16.5. The van der Waals surface area contributed by atoms with E-state index in [4.69, 9.17) is 14.6 Å². The zero-order valence-electron chi connectivity index (χ0n) is 13.9. The number of ether oxygens (including phenoxy) is 2. The van der Waals surface area contributed by atoms with Crippen LogP contribution in [0.1, 0.15) is 42.5 Å². The number of hydrogen-bond acceptors (Lipinski definition) is 4. The van der Waals surface area contributed by atoms with E-state index in [1.807, 2.05) is 0 Å². The van der Waals surface area contributed by atoms with E-state index in [0.717, 1.165) is 25.7 Å². The number of aliphatic carboxylic acids is 1. The van der Waals surface area contributed by atoms with Gasteiger partial charge in [0.2, 0.25) is 0 Å². The summed E-state index contributed by atoms with van der Waals surface area (Å²) < 4.78 is 11.4. The second-order valence-electron chi connectivity index (χ2n) is 6.46. The van der Waals surface area contributed by atoms with Gasteiger partial charge in [-0.3, -0.25) is 9.59 Å². The van der Waals surface area contributed by atoms with Crippen molar-refractivity contribution < 1.29 is 24.2 Å². The first-order valence-corrected chi connectivity index (χ1v) is 8.45. The number of likely N-dealkylation sites (tertiary alicyclic amines) is 1. The Morgan fingerprint density at radius 2 is 1.92 bits per heavy atom. The zero-order chi connectivity index (χ0) is 17.1. The Morgan fingerprint density at radius 1 is 1.17 bits per heavy atom. The number of carboxylic acid groups (broad SMARTS) is 1. The standard InChI is InChI=1S/C18H23NO5/c1-23-15-7-6-12(10-16(15)24-14-4-2-3-5-14)17(20)19-9-8-13(11-19)18(21)22/h6-7,10,13-14H,2-5,8-9,11H2,1H3,(H,21,22). The molecule has 1 atom stereocenters. The van der Waals surface area contributed by atoms with Gasteiger partial charge in [0.25, 0.3) is 5.91 Å². The predicted molar refractivity (Wildman–Crippen MR) is 87.5 cm³/mol. The number of carboxylic acids is 1. The van der Waals surface area contributed by atoms with Crippen LogP contribution in [0.4, 0.5) is 0 Å². The lowest BCUT2D eigenvalue weighted by molar-refractivity contribution is -0.141. The molecule has 24 heavy (non-hydrogen) atoms. The van der Waals surface area contributed by atoms with Crippen LogP contribution in [0.25, 0.3) is 0 Å². The predicted octanol–water partition coefficient (Wildman–Crippen LogP) is 2.56. The Balaban J connectivity index is 1.75. The summed E-state index contributed by atoms with van der Waals surface area (Å²) in [6, 6.07) is 5.16. The van der Waals surface area contributed by atoms with Gasteiger partial charge >= 0.3 is 5.97 Å². The Bertz CT molecular complexity index is 624. The lowest BCUT2D eigenvalue weighted by atomic mass is 10.1. The van der Waals surface area contributed by atoms with Gasteiger partial charge < -0.3 is 19.5 Å². The first-order valence-electron chi connectivity index (χ1n) is 8.45. The molecule has 130 valence electrons. The van der Waals surface area contributed by atoms with Crippen molar-refractivity contribution in [2.45, 2.75) is 38.2 Å². The molecule has 1 saturated heterocycles. The molecule has 1 aliphatic heterocycles. The largest absolute Gasteiger partial charge is 0.493 e. The average molecular weight is 333 g/mol. The molecule has 1 aliphatic carbocycles. The summed E-state index contributed by atoms with van der Waals surface area (Å²) in [5, 5.41) is 9.08. The molecule has 3 rings (SSSR count). The third-order valence-corrected chi connectivity index (χ3v) is 4.83. The molecular weight excluding hydrogens is 310 g/mol. The number of hydrogen-bond donors (Lipinski definition) is 1. The van der Waals surface area contributed by atoms with Crippen LogP contribution >= 0.6 is 0 Å². The summed E-state index contributed by atoms with van der Waals surface area (Å²) in [7, 11) is 1.58. The smallest absolute Gasteiger partial charge is 0.308 e. The maximum atomic E-state index is 12.6. The summed E-state index contributed by atoms with van der Waals surface area (Å²) in [5.74, 6) is -0.267. The quantitative estimate of drug-likeness (QED) is 0.896. The van der Waals surface area contributed by atoms with Gasteiger partial charge in [-0.25, -0.2) is 0 Å². The van der Waals surface area contributed by atoms with Crippen LogP contribution in [0.3, 0.4) is 0 Å². The maximum Gasteiger partial charge on any atom is 0.308 e. The molecule has 1 saturated carbocycles. The molecule has 0 radical (unpaired) electrons. The first kappa shape index (κ1) is 16.6. The number of benzene rings is 1. The highest BCUT2D eigenvalue weighted by molar-refractivity contribution is 5.95. The summed E-state index contributed by atoms with van der Waals surface area (Å²) in [5.41, 5.74) is 0.509. The molecule has 1 amide bonds. The van der Waals surface area contributed by atoms with E-state index in [1.165, 1.54) is 0 Å². The molecule has 6 nitrogen and oxygen atoms in total. The van der Waals surface area contributed by atoms with E-state index < -0.39 is 11.9 Å². The molecule has 1 N–H and O–H groups in total. The van der Waals surface area contributed by atoms with Crippen molar-refractivity contribution in [2.24, 2.45) is 5.92 Å². The van der Waals surface area contributed by atoms with Crippen molar-refractivity contribution in [1.82, 2.24) is 4.90 Å². The van der Waals surface area contributed by atoms with Crippen LogP contribution in [0.15, 0.2) is 18.2 Å². The van der Waals surface area contributed by atoms with Crippen molar-refractivity contribution in [3.8, 4) is 11.5 Å². The summed E-state index contributed by atoms with van der Waals surface area (Å²) in [6.07, 6.45) is 5.04. The maximum absolute atomic E-state index is 12.6. The van der Waals surface area contributed by atoms with Crippen LogP contribution in [0, 0.1) is 5.92 Å². The van der Waals surface area contributed by atoms with Crippen molar-refractivity contribution in [3.63, 3.8) is 0 Å². The van der Waals surface area contributed by atoms with Gasteiger partial charge in [-0.15, -0.1) is 0 Å². The van der Waals surface area contributed by atoms with Crippen LogP contribution in [0.2, 0.25) is 0 Å². The highest BCUT2D eigenvalue weighted by Gasteiger charge is 2.31. The Kier molecular flexibility index (Phi) is 4.92. The van der Waals surface area contributed by atoms with Crippen LogP contribution in [-0.4, -0.2) is 48.2 Å². The third kappa shape index (κ3) is 3.47. The summed E-state index contributed by atoms with van der Waals surface area (Å²) in [4.78, 5) is 25.3. The van der Waals surface area contributed by atoms with Gasteiger partial charge in [0, 0.05) is 18.7 Å². The zero-order valence-corrected chi connectivity index (χ0v) is 13.9. The summed E-state index contributed by atoms with van der Waals surface area (Å²) in [6.45, 7) is 0.736.